The van der Waals surface area contributed by atoms with Crippen molar-refractivity contribution in [1.29, 1.82) is 0 Å². The maximum absolute atomic E-state index is 11.1. The normalized spacial score (nSPS) is 11.4. The SMILES string of the molecule is CCCCCCCCCC(=O)/C=C/S(=O)(=O)[O-].[Na+]. The van der Waals surface area contributed by atoms with Gasteiger partial charge in [0.15, 0.2) is 5.78 Å². The third-order valence-corrected chi connectivity index (χ3v) is 2.92. The molecule has 0 amide bonds. The first-order valence-corrected chi connectivity index (χ1v) is 7.59. The summed E-state index contributed by atoms with van der Waals surface area (Å²) in [6.45, 7) is 2.16. The summed E-state index contributed by atoms with van der Waals surface area (Å²) in [4.78, 5) is 11.1. The molecule has 100 valence electrons. The predicted molar refractivity (Wildman–Crippen MR) is 66.5 cm³/mol. The fourth-order valence-electron chi connectivity index (χ4n) is 1.50. The molecule has 0 rings (SSSR count). The van der Waals surface area contributed by atoms with E-state index in [9.17, 15) is 17.8 Å². The molecule has 0 fully saturated rings. The van der Waals surface area contributed by atoms with Gasteiger partial charge < -0.3 is 4.55 Å². The smallest absolute Gasteiger partial charge is 0.744 e. The van der Waals surface area contributed by atoms with Crippen LogP contribution < -0.4 is 29.6 Å². The number of ketones is 1. The van der Waals surface area contributed by atoms with Gasteiger partial charge >= 0.3 is 29.6 Å². The molecular formula is C12H21NaO4S. The quantitative estimate of drug-likeness (QED) is 0.240. The number of hydrogen-bond donors (Lipinski definition) is 0. The Kier molecular flexibility index (Phi) is 14.2. The molecule has 0 saturated carbocycles. The third kappa shape index (κ3) is 16.3. The number of carbonyl (C=O) groups excluding carboxylic acids is 1. The average Bonchev–Trinajstić information content (AvgIpc) is 2.24. The minimum atomic E-state index is -4.42. The van der Waals surface area contributed by atoms with Crippen LogP contribution in [0.1, 0.15) is 58.3 Å². The van der Waals surface area contributed by atoms with Gasteiger partial charge in [-0.3, -0.25) is 4.79 Å². The standard InChI is InChI=1S/C12H22O4S.Na/c1-2-3-4-5-6-7-8-9-12(13)10-11-17(14,15)16;/h10-11H,2-9H2,1H3,(H,14,15,16);/q;+1/p-1/b11-10+;. The molecule has 0 aromatic heterocycles. The zero-order chi connectivity index (χ0) is 13.1. The average molecular weight is 284 g/mol. The van der Waals surface area contributed by atoms with Crippen molar-refractivity contribution in [3.05, 3.63) is 11.5 Å². The van der Waals surface area contributed by atoms with Gasteiger partial charge in [0.1, 0.15) is 10.1 Å². The van der Waals surface area contributed by atoms with Crippen molar-refractivity contribution in [2.75, 3.05) is 0 Å². The van der Waals surface area contributed by atoms with Crippen molar-refractivity contribution in [2.45, 2.75) is 58.3 Å². The van der Waals surface area contributed by atoms with Crippen LogP contribution in [0.15, 0.2) is 11.5 Å². The van der Waals surface area contributed by atoms with E-state index in [0.717, 1.165) is 25.3 Å². The van der Waals surface area contributed by atoms with Crippen molar-refractivity contribution >= 4 is 15.9 Å². The van der Waals surface area contributed by atoms with Crippen molar-refractivity contribution in [1.82, 2.24) is 0 Å². The molecule has 0 unspecified atom stereocenters. The van der Waals surface area contributed by atoms with Crippen LogP contribution in [-0.4, -0.2) is 18.8 Å². The van der Waals surface area contributed by atoms with E-state index in [1.54, 1.807) is 0 Å². The van der Waals surface area contributed by atoms with Crippen molar-refractivity contribution in [2.24, 2.45) is 0 Å². The predicted octanol–water partition coefficient (Wildman–Crippen LogP) is -0.241. The molecule has 0 bridgehead atoms. The number of carbonyl (C=O) groups is 1. The maximum Gasteiger partial charge on any atom is 1.00 e. The summed E-state index contributed by atoms with van der Waals surface area (Å²) < 4.78 is 30.7. The Balaban J connectivity index is 0. The van der Waals surface area contributed by atoms with Crippen LogP contribution >= 0.6 is 0 Å². The van der Waals surface area contributed by atoms with E-state index < -0.39 is 10.1 Å². The summed E-state index contributed by atoms with van der Waals surface area (Å²) in [5.74, 6) is -0.294. The molecule has 0 aliphatic rings. The Morgan fingerprint density at radius 2 is 1.56 bits per heavy atom. The first kappa shape index (κ1) is 20.6. The van der Waals surface area contributed by atoms with Gasteiger partial charge in [-0.2, -0.15) is 0 Å². The van der Waals surface area contributed by atoms with Gasteiger partial charge in [0.2, 0.25) is 0 Å². The van der Waals surface area contributed by atoms with Crippen molar-refractivity contribution in [3.8, 4) is 0 Å². The van der Waals surface area contributed by atoms with Crippen LogP contribution in [0.5, 0.6) is 0 Å². The molecule has 4 nitrogen and oxygen atoms in total. The first-order valence-electron chi connectivity index (χ1n) is 6.12. The topological polar surface area (TPSA) is 74.3 Å². The van der Waals surface area contributed by atoms with Gasteiger partial charge in [-0.25, -0.2) is 8.42 Å². The number of unbranched alkanes of at least 4 members (excludes halogenated alkanes) is 6. The summed E-state index contributed by atoms with van der Waals surface area (Å²) in [6.07, 6.45) is 8.92. The zero-order valence-electron chi connectivity index (χ0n) is 11.4. The molecule has 0 radical (unpaired) electrons. The van der Waals surface area contributed by atoms with E-state index in [0.29, 0.717) is 11.8 Å². The van der Waals surface area contributed by atoms with Crippen LogP contribution in [-0.2, 0) is 14.9 Å². The Morgan fingerprint density at radius 1 is 1.06 bits per heavy atom. The maximum atomic E-state index is 11.1. The third-order valence-electron chi connectivity index (χ3n) is 2.45. The minimum absolute atomic E-state index is 0. The monoisotopic (exact) mass is 284 g/mol. The van der Waals surface area contributed by atoms with Crippen LogP contribution in [0.25, 0.3) is 0 Å². The van der Waals surface area contributed by atoms with E-state index in [2.05, 4.69) is 6.92 Å². The number of rotatable bonds is 10. The van der Waals surface area contributed by atoms with Crippen molar-refractivity contribution < 1.29 is 47.3 Å². The molecule has 6 heteroatoms. The Hall–Kier alpha value is 0.320. The van der Waals surface area contributed by atoms with Crippen LogP contribution in [0.3, 0.4) is 0 Å². The Labute approximate surface area is 132 Å². The fourth-order valence-corrected chi connectivity index (χ4v) is 1.82. The zero-order valence-corrected chi connectivity index (χ0v) is 14.2. The molecule has 0 N–H and O–H groups in total. The largest absolute Gasteiger partial charge is 1.00 e. The summed E-state index contributed by atoms with van der Waals surface area (Å²) >= 11 is 0. The molecule has 0 heterocycles. The molecule has 0 spiro atoms. The molecule has 0 saturated heterocycles. The minimum Gasteiger partial charge on any atom is -0.744 e. The summed E-state index contributed by atoms with van der Waals surface area (Å²) in [5, 5.41) is 0.427. The fraction of sp³-hybridized carbons (Fsp3) is 0.750. The van der Waals surface area contributed by atoms with E-state index in [1.807, 2.05) is 0 Å². The van der Waals surface area contributed by atoms with Gasteiger partial charge in [-0.1, -0.05) is 45.4 Å². The first-order chi connectivity index (χ1) is 7.95. The molecule has 18 heavy (non-hydrogen) atoms. The van der Waals surface area contributed by atoms with Crippen LogP contribution in [0.2, 0.25) is 0 Å². The van der Waals surface area contributed by atoms with E-state index in [1.165, 1.54) is 25.7 Å². The van der Waals surface area contributed by atoms with Crippen LogP contribution in [0.4, 0.5) is 0 Å². The number of allylic oxidation sites excluding steroid dienone is 1. The second-order valence-electron chi connectivity index (χ2n) is 4.13. The van der Waals surface area contributed by atoms with Gasteiger partial charge in [0.25, 0.3) is 0 Å². The van der Waals surface area contributed by atoms with Gasteiger partial charge in [0, 0.05) is 11.8 Å². The summed E-state index contributed by atoms with van der Waals surface area (Å²) in [6, 6.07) is 0. The second-order valence-corrected chi connectivity index (χ2v) is 5.39. The van der Waals surface area contributed by atoms with Gasteiger partial charge in [0.05, 0.1) is 0 Å². The second kappa shape index (κ2) is 12.4. The molecule has 0 aliphatic heterocycles. The number of hydrogen-bond acceptors (Lipinski definition) is 4. The molecular weight excluding hydrogens is 263 g/mol. The molecule has 0 atom stereocenters. The van der Waals surface area contributed by atoms with Gasteiger partial charge in [-0.15, -0.1) is 0 Å². The van der Waals surface area contributed by atoms with E-state index in [-0.39, 0.29) is 35.3 Å². The van der Waals surface area contributed by atoms with Crippen molar-refractivity contribution in [3.63, 3.8) is 0 Å². The van der Waals surface area contributed by atoms with Gasteiger partial charge in [-0.05, 0) is 12.5 Å². The Morgan fingerprint density at radius 3 is 2.06 bits per heavy atom. The van der Waals surface area contributed by atoms with E-state index in [4.69, 9.17) is 0 Å². The van der Waals surface area contributed by atoms with E-state index >= 15 is 0 Å². The molecule has 0 aromatic carbocycles. The molecule has 0 aromatic rings. The van der Waals surface area contributed by atoms with Crippen LogP contribution in [0, 0.1) is 0 Å². The summed E-state index contributed by atoms with van der Waals surface area (Å²) in [5.41, 5.74) is 0. The Bertz CT molecular complexity index is 336. The molecule has 0 aliphatic carbocycles. The summed E-state index contributed by atoms with van der Waals surface area (Å²) in [7, 11) is -4.42.